The molecule has 0 bridgehead atoms. The van der Waals surface area contributed by atoms with Crippen molar-refractivity contribution >= 4 is 16.2 Å². The lowest BCUT2D eigenvalue weighted by molar-refractivity contribution is -0.0498. The molecule has 0 fully saturated rings. The number of hydrogen-bond acceptors (Lipinski definition) is 4. The van der Waals surface area contributed by atoms with Crippen LogP contribution in [0, 0.1) is 0 Å². The molecule has 3 rings (SSSR count). The molecular formula is C13H10F2N2O3S. The van der Waals surface area contributed by atoms with Crippen LogP contribution in [0.5, 0.6) is 5.75 Å². The summed E-state index contributed by atoms with van der Waals surface area (Å²) >= 11 is 0. The molecular weight excluding hydrogens is 302 g/mol. The van der Waals surface area contributed by atoms with E-state index in [0.717, 1.165) is 11.1 Å². The van der Waals surface area contributed by atoms with Gasteiger partial charge in [0, 0.05) is 29.8 Å². The van der Waals surface area contributed by atoms with Gasteiger partial charge in [-0.25, -0.2) is 8.42 Å². The zero-order valence-electron chi connectivity index (χ0n) is 10.6. The third-order valence-electron chi connectivity index (χ3n) is 3.08. The minimum absolute atomic E-state index is 0.0125. The molecule has 1 aromatic rings. The van der Waals surface area contributed by atoms with Crippen molar-refractivity contribution in [3.05, 3.63) is 47.8 Å². The third-order valence-corrected chi connectivity index (χ3v) is 4.80. The summed E-state index contributed by atoms with van der Waals surface area (Å²) in [4.78, 5) is 3.94. The van der Waals surface area contributed by atoms with Crippen molar-refractivity contribution in [3.8, 4) is 5.75 Å². The van der Waals surface area contributed by atoms with E-state index in [1.54, 1.807) is 12.4 Å². The smallest absolute Gasteiger partial charge is 0.387 e. The van der Waals surface area contributed by atoms with E-state index in [9.17, 15) is 17.2 Å². The molecule has 8 heteroatoms. The van der Waals surface area contributed by atoms with E-state index < -0.39 is 16.6 Å². The van der Waals surface area contributed by atoms with E-state index in [2.05, 4.69) is 9.73 Å². The Morgan fingerprint density at radius 2 is 1.95 bits per heavy atom. The van der Waals surface area contributed by atoms with Gasteiger partial charge in [0.05, 0.1) is 11.4 Å². The summed E-state index contributed by atoms with van der Waals surface area (Å²) in [6.07, 6.45) is 4.70. The first kappa shape index (κ1) is 13.7. The van der Waals surface area contributed by atoms with Gasteiger partial charge in [0.1, 0.15) is 5.75 Å². The van der Waals surface area contributed by atoms with Crippen molar-refractivity contribution < 1.29 is 21.9 Å². The molecule has 5 nitrogen and oxygen atoms in total. The molecule has 0 aromatic heterocycles. The molecule has 0 unspecified atom stereocenters. The van der Waals surface area contributed by atoms with Gasteiger partial charge in [-0.05, 0) is 24.3 Å². The average Bonchev–Trinajstić information content (AvgIpc) is 2.99. The Bertz CT molecular complexity index is 752. The molecule has 0 aliphatic carbocycles. The summed E-state index contributed by atoms with van der Waals surface area (Å²) < 4.78 is 54.3. The second kappa shape index (κ2) is 4.96. The van der Waals surface area contributed by atoms with Crippen LogP contribution in [0.4, 0.5) is 8.78 Å². The molecule has 0 amide bonds. The normalized spacial score (nSPS) is 17.0. The van der Waals surface area contributed by atoms with Crippen molar-refractivity contribution in [1.29, 1.82) is 0 Å². The summed E-state index contributed by atoms with van der Waals surface area (Å²) in [6.45, 7) is -2.73. The fraction of sp³-hybridized carbons (Fsp3) is 0.154. The summed E-state index contributed by atoms with van der Waals surface area (Å²) in [7, 11) is -3.71. The van der Waals surface area contributed by atoms with Gasteiger partial charge in [0.25, 0.3) is 10.0 Å². The maximum absolute atomic E-state index is 12.4. The van der Waals surface area contributed by atoms with Gasteiger partial charge in [-0.3, -0.25) is 9.30 Å². The van der Waals surface area contributed by atoms with Gasteiger partial charge < -0.3 is 4.74 Å². The molecule has 21 heavy (non-hydrogen) atoms. The van der Waals surface area contributed by atoms with E-state index in [4.69, 9.17) is 0 Å². The Kier molecular flexibility index (Phi) is 3.25. The van der Waals surface area contributed by atoms with Crippen molar-refractivity contribution in [1.82, 2.24) is 4.31 Å². The zero-order valence-corrected chi connectivity index (χ0v) is 11.4. The van der Waals surface area contributed by atoms with Gasteiger partial charge in [-0.1, -0.05) is 0 Å². The van der Waals surface area contributed by atoms with E-state index in [1.165, 1.54) is 34.8 Å². The number of aliphatic imine (C=N–C) groups is 1. The quantitative estimate of drug-likeness (QED) is 0.856. The van der Waals surface area contributed by atoms with Crippen LogP contribution < -0.4 is 4.74 Å². The van der Waals surface area contributed by atoms with Crippen LogP contribution in [0.1, 0.15) is 0 Å². The summed E-state index contributed by atoms with van der Waals surface area (Å²) in [5.41, 5.74) is 1.59. The van der Waals surface area contributed by atoms with E-state index in [1.807, 2.05) is 0 Å². The Morgan fingerprint density at radius 1 is 1.24 bits per heavy atom. The molecule has 1 aromatic carbocycles. The van der Waals surface area contributed by atoms with Crippen molar-refractivity contribution in [2.24, 2.45) is 4.99 Å². The Morgan fingerprint density at radius 3 is 2.57 bits per heavy atom. The highest BCUT2D eigenvalue weighted by molar-refractivity contribution is 7.89. The number of sulfonamides is 1. The largest absolute Gasteiger partial charge is 0.435 e. The van der Waals surface area contributed by atoms with Crippen LogP contribution in [-0.2, 0) is 10.0 Å². The van der Waals surface area contributed by atoms with Crippen LogP contribution in [0.3, 0.4) is 0 Å². The monoisotopic (exact) mass is 312 g/mol. The molecule has 110 valence electrons. The van der Waals surface area contributed by atoms with Crippen LogP contribution in [0.25, 0.3) is 0 Å². The predicted molar refractivity (Wildman–Crippen MR) is 71.6 cm³/mol. The van der Waals surface area contributed by atoms with Gasteiger partial charge in [-0.2, -0.15) is 8.78 Å². The maximum Gasteiger partial charge on any atom is 0.387 e. The number of benzene rings is 1. The number of alkyl halides is 2. The van der Waals surface area contributed by atoms with Crippen LogP contribution in [-0.4, -0.2) is 32.1 Å². The second-order valence-corrected chi connectivity index (χ2v) is 6.31. The lowest BCUT2D eigenvalue weighted by atomic mass is 10.2. The molecule has 0 radical (unpaired) electrons. The molecule has 0 spiro atoms. The number of rotatable bonds is 4. The zero-order chi connectivity index (χ0) is 15.0. The van der Waals surface area contributed by atoms with Crippen LogP contribution in [0.15, 0.2) is 57.7 Å². The summed E-state index contributed by atoms with van der Waals surface area (Å²) in [6, 6.07) is 4.87. The molecule has 0 saturated heterocycles. The lowest BCUT2D eigenvalue weighted by Gasteiger charge is -2.16. The highest BCUT2D eigenvalue weighted by Gasteiger charge is 2.29. The fourth-order valence-electron chi connectivity index (χ4n) is 2.06. The number of ether oxygens (including phenoxy) is 1. The molecule has 2 aliphatic heterocycles. The molecule has 0 atom stereocenters. The summed E-state index contributed by atoms with van der Waals surface area (Å²) in [5, 5.41) is 0. The highest BCUT2D eigenvalue weighted by atomic mass is 32.2. The van der Waals surface area contributed by atoms with Gasteiger partial charge in [-0.15, -0.1) is 0 Å². The Labute approximate surface area is 119 Å². The average molecular weight is 312 g/mol. The van der Waals surface area contributed by atoms with Crippen LogP contribution in [0.2, 0.25) is 0 Å². The first-order valence-electron chi connectivity index (χ1n) is 5.98. The maximum atomic E-state index is 12.4. The van der Waals surface area contributed by atoms with Crippen molar-refractivity contribution in [2.75, 3.05) is 6.54 Å². The van der Waals surface area contributed by atoms with Gasteiger partial charge in [0.2, 0.25) is 0 Å². The van der Waals surface area contributed by atoms with Gasteiger partial charge in [0.15, 0.2) is 0 Å². The first-order chi connectivity index (χ1) is 9.96. The van der Waals surface area contributed by atoms with Crippen molar-refractivity contribution in [3.63, 3.8) is 0 Å². The minimum Gasteiger partial charge on any atom is -0.435 e. The first-order valence-corrected chi connectivity index (χ1v) is 7.42. The fourth-order valence-corrected chi connectivity index (χ4v) is 3.38. The molecule has 2 heterocycles. The predicted octanol–water partition coefficient (Wildman–Crippen LogP) is 2.14. The minimum atomic E-state index is -3.71. The Hall–Kier alpha value is -2.22. The third kappa shape index (κ3) is 2.54. The Balaban J connectivity index is 1.84. The molecule has 0 N–H and O–H groups in total. The number of hydrogen-bond donors (Lipinski definition) is 0. The highest BCUT2D eigenvalue weighted by Crippen LogP contribution is 2.29. The van der Waals surface area contributed by atoms with Crippen molar-refractivity contribution in [2.45, 2.75) is 11.5 Å². The number of fused-ring (bicyclic) bond motifs is 1. The number of halogens is 2. The summed E-state index contributed by atoms with van der Waals surface area (Å²) in [5.74, 6) is -0.0876. The van der Waals surface area contributed by atoms with E-state index >= 15 is 0 Å². The topological polar surface area (TPSA) is 59.0 Å². The number of nitrogens with zero attached hydrogens (tertiary/aromatic N) is 2. The molecule has 0 saturated carbocycles. The SMILES string of the molecule is O=S(=O)(c1ccc(OC(F)F)cc1)N1C=C2C=NC=C2C1. The second-order valence-electron chi connectivity index (χ2n) is 4.42. The standard InChI is InChI=1S/C13H10F2N2O3S/c14-13(15)20-11-1-3-12(4-2-11)21(18,19)17-7-9-5-16-6-10(9)8-17/h1-7,13H,8H2. The van der Waals surface area contributed by atoms with E-state index in [0.29, 0.717) is 0 Å². The molecule has 2 aliphatic rings. The van der Waals surface area contributed by atoms with E-state index in [-0.39, 0.29) is 17.2 Å². The van der Waals surface area contributed by atoms with Crippen LogP contribution >= 0.6 is 0 Å². The van der Waals surface area contributed by atoms with Gasteiger partial charge >= 0.3 is 6.61 Å². The lowest BCUT2D eigenvalue weighted by Crippen LogP contribution is -2.24.